The smallest absolute Gasteiger partial charge is 0.314 e. The largest absolute Gasteiger partial charge is 0.481 e. The Bertz CT molecular complexity index is 413. The number of aliphatic carboxylic acids is 1. The number of carbonyl (C=O) groups excluding carboxylic acids is 2. The van der Waals surface area contributed by atoms with Crippen molar-refractivity contribution in [1.82, 2.24) is 0 Å². The Morgan fingerprint density at radius 2 is 1.75 bits per heavy atom. The van der Waals surface area contributed by atoms with Gasteiger partial charge in [-0.05, 0) is 0 Å². The van der Waals surface area contributed by atoms with E-state index in [0.29, 0.717) is 0 Å². The van der Waals surface area contributed by atoms with Gasteiger partial charge in [-0.1, -0.05) is 30.3 Å². The van der Waals surface area contributed by atoms with Crippen molar-refractivity contribution in [3.63, 3.8) is 0 Å². The molecule has 0 aliphatic rings. The van der Waals surface area contributed by atoms with Crippen molar-refractivity contribution in [3.05, 3.63) is 35.9 Å². The maximum absolute atomic E-state index is 11.7. The van der Waals surface area contributed by atoms with Crippen LogP contribution in [0.5, 0.6) is 0 Å². The fraction of sp³-hybridized carbons (Fsp3) is 0.182. The Hall–Kier alpha value is -2.17. The molecule has 0 aliphatic heterocycles. The third-order valence-corrected chi connectivity index (χ3v) is 2.08. The van der Waals surface area contributed by atoms with Crippen molar-refractivity contribution in [3.8, 4) is 0 Å². The molecule has 5 nitrogen and oxygen atoms in total. The van der Waals surface area contributed by atoms with Crippen LogP contribution < -0.4 is 5.73 Å². The van der Waals surface area contributed by atoms with E-state index in [1.165, 1.54) is 12.1 Å². The molecular formula is C11H11NO4. The van der Waals surface area contributed by atoms with E-state index >= 15 is 0 Å². The fourth-order valence-corrected chi connectivity index (χ4v) is 1.30. The van der Waals surface area contributed by atoms with Crippen LogP contribution in [0.4, 0.5) is 0 Å². The summed E-state index contributed by atoms with van der Waals surface area (Å²) in [7, 11) is 0. The SMILES string of the molecule is NC(=O)CC(C(=O)O)C(=O)c1ccccc1. The number of carbonyl (C=O) groups is 3. The lowest BCUT2D eigenvalue weighted by Gasteiger charge is -2.08. The number of carboxylic acid groups (broad SMARTS) is 1. The van der Waals surface area contributed by atoms with Crippen LogP contribution in [0.15, 0.2) is 30.3 Å². The predicted molar refractivity (Wildman–Crippen MR) is 55.7 cm³/mol. The maximum atomic E-state index is 11.7. The van der Waals surface area contributed by atoms with E-state index in [1.54, 1.807) is 18.2 Å². The summed E-state index contributed by atoms with van der Waals surface area (Å²) in [5.41, 5.74) is 5.15. The predicted octanol–water partition coefficient (Wildman–Crippen LogP) is 0.445. The van der Waals surface area contributed by atoms with Gasteiger partial charge in [0.25, 0.3) is 0 Å². The van der Waals surface area contributed by atoms with E-state index in [2.05, 4.69) is 0 Å². The molecule has 0 aromatic heterocycles. The van der Waals surface area contributed by atoms with Crippen molar-refractivity contribution in [2.24, 2.45) is 11.7 Å². The molecule has 84 valence electrons. The van der Waals surface area contributed by atoms with E-state index in [9.17, 15) is 14.4 Å². The van der Waals surface area contributed by atoms with Gasteiger partial charge < -0.3 is 10.8 Å². The zero-order valence-electron chi connectivity index (χ0n) is 8.42. The van der Waals surface area contributed by atoms with Crippen LogP contribution in [-0.4, -0.2) is 22.8 Å². The third kappa shape index (κ3) is 2.91. The Morgan fingerprint density at radius 1 is 1.19 bits per heavy atom. The average Bonchev–Trinajstić information content (AvgIpc) is 2.25. The highest BCUT2D eigenvalue weighted by Crippen LogP contribution is 2.12. The number of Topliss-reactive ketones (excluding diaryl/α,β-unsaturated/α-hetero) is 1. The van der Waals surface area contributed by atoms with Crippen molar-refractivity contribution >= 4 is 17.7 Å². The van der Waals surface area contributed by atoms with Gasteiger partial charge in [-0.15, -0.1) is 0 Å². The first kappa shape index (κ1) is 11.9. The third-order valence-electron chi connectivity index (χ3n) is 2.08. The molecule has 0 bridgehead atoms. The van der Waals surface area contributed by atoms with Gasteiger partial charge in [-0.2, -0.15) is 0 Å². The Morgan fingerprint density at radius 3 is 2.19 bits per heavy atom. The average molecular weight is 221 g/mol. The van der Waals surface area contributed by atoms with Crippen LogP contribution in [0.1, 0.15) is 16.8 Å². The van der Waals surface area contributed by atoms with Gasteiger partial charge >= 0.3 is 5.97 Å². The molecule has 1 atom stereocenters. The minimum Gasteiger partial charge on any atom is -0.481 e. The Balaban J connectivity index is 2.92. The normalized spacial score (nSPS) is 11.8. The molecule has 0 spiro atoms. The molecule has 5 heteroatoms. The van der Waals surface area contributed by atoms with Crippen molar-refractivity contribution < 1.29 is 19.5 Å². The van der Waals surface area contributed by atoms with Gasteiger partial charge in [0.15, 0.2) is 5.78 Å². The fourth-order valence-electron chi connectivity index (χ4n) is 1.30. The summed E-state index contributed by atoms with van der Waals surface area (Å²) >= 11 is 0. The number of hydrogen-bond donors (Lipinski definition) is 2. The summed E-state index contributed by atoms with van der Waals surface area (Å²) in [4.78, 5) is 33.2. The van der Waals surface area contributed by atoms with Gasteiger partial charge in [0, 0.05) is 12.0 Å². The molecule has 1 aromatic rings. The first-order chi connectivity index (χ1) is 7.52. The molecule has 0 heterocycles. The standard InChI is InChI=1S/C11H11NO4/c12-9(13)6-8(11(15)16)10(14)7-4-2-1-3-5-7/h1-5,8H,6H2,(H2,12,13)(H,15,16). The summed E-state index contributed by atoms with van der Waals surface area (Å²) in [5, 5.41) is 8.83. The highest BCUT2D eigenvalue weighted by molar-refractivity contribution is 6.09. The molecule has 0 radical (unpaired) electrons. The van der Waals surface area contributed by atoms with Crippen molar-refractivity contribution in [1.29, 1.82) is 0 Å². The van der Waals surface area contributed by atoms with Gasteiger partial charge in [0.2, 0.25) is 5.91 Å². The number of ketones is 1. The number of amides is 1. The number of primary amides is 1. The molecule has 0 saturated carbocycles. The van der Waals surface area contributed by atoms with Gasteiger partial charge in [0.1, 0.15) is 5.92 Å². The van der Waals surface area contributed by atoms with Crippen LogP contribution in [-0.2, 0) is 9.59 Å². The number of carboxylic acids is 1. The summed E-state index contributed by atoms with van der Waals surface area (Å²) < 4.78 is 0. The highest BCUT2D eigenvalue weighted by Gasteiger charge is 2.28. The van der Waals surface area contributed by atoms with Crippen molar-refractivity contribution in [2.45, 2.75) is 6.42 Å². The van der Waals surface area contributed by atoms with E-state index in [-0.39, 0.29) is 5.56 Å². The minimum absolute atomic E-state index is 0.260. The van der Waals surface area contributed by atoms with Crippen LogP contribution >= 0.6 is 0 Å². The molecule has 1 unspecified atom stereocenters. The molecule has 0 aliphatic carbocycles. The molecule has 1 rings (SSSR count). The lowest BCUT2D eigenvalue weighted by molar-refractivity contribution is -0.141. The lowest BCUT2D eigenvalue weighted by atomic mass is 9.94. The maximum Gasteiger partial charge on any atom is 0.314 e. The summed E-state index contributed by atoms with van der Waals surface area (Å²) in [5.74, 6) is -4.16. The molecule has 16 heavy (non-hydrogen) atoms. The number of nitrogens with two attached hydrogens (primary N) is 1. The Labute approximate surface area is 91.9 Å². The highest BCUT2D eigenvalue weighted by atomic mass is 16.4. The van der Waals surface area contributed by atoms with E-state index in [0.717, 1.165) is 0 Å². The van der Waals surface area contributed by atoms with E-state index < -0.39 is 30.0 Å². The molecule has 1 aromatic carbocycles. The number of benzene rings is 1. The van der Waals surface area contributed by atoms with Crippen LogP contribution in [0.2, 0.25) is 0 Å². The summed E-state index contributed by atoms with van der Waals surface area (Å²) in [6.45, 7) is 0. The van der Waals surface area contributed by atoms with Gasteiger partial charge in [-0.25, -0.2) is 0 Å². The number of hydrogen-bond acceptors (Lipinski definition) is 3. The van der Waals surface area contributed by atoms with Crippen LogP contribution in [0.25, 0.3) is 0 Å². The van der Waals surface area contributed by atoms with Gasteiger partial charge in [0.05, 0.1) is 0 Å². The summed E-state index contributed by atoms with van der Waals surface area (Å²) in [6, 6.07) is 7.95. The second-order valence-electron chi connectivity index (χ2n) is 3.29. The second-order valence-corrected chi connectivity index (χ2v) is 3.29. The van der Waals surface area contributed by atoms with Gasteiger partial charge in [-0.3, -0.25) is 14.4 Å². The van der Waals surface area contributed by atoms with E-state index in [4.69, 9.17) is 10.8 Å². The lowest BCUT2D eigenvalue weighted by Crippen LogP contribution is -2.29. The summed E-state index contributed by atoms with van der Waals surface area (Å²) in [6.07, 6.45) is -0.483. The molecule has 1 amide bonds. The first-order valence-electron chi connectivity index (χ1n) is 4.62. The Kier molecular flexibility index (Phi) is 3.77. The quantitative estimate of drug-likeness (QED) is 0.557. The monoisotopic (exact) mass is 221 g/mol. The number of rotatable bonds is 5. The second kappa shape index (κ2) is 5.06. The van der Waals surface area contributed by atoms with Crippen molar-refractivity contribution in [2.75, 3.05) is 0 Å². The van der Waals surface area contributed by atoms with Crippen LogP contribution in [0.3, 0.4) is 0 Å². The minimum atomic E-state index is -1.40. The molecule has 3 N–H and O–H groups in total. The molecular weight excluding hydrogens is 210 g/mol. The molecule has 0 saturated heterocycles. The topological polar surface area (TPSA) is 97.5 Å². The van der Waals surface area contributed by atoms with E-state index in [1.807, 2.05) is 0 Å². The molecule has 0 fully saturated rings. The zero-order chi connectivity index (χ0) is 12.1. The zero-order valence-corrected chi connectivity index (χ0v) is 8.42. The first-order valence-corrected chi connectivity index (χ1v) is 4.62. The van der Waals surface area contributed by atoms with Crippen LogP contribution in [0, 0.1) is 5.92 Å².